The first-order valence-electron chi connectivity index (χ1n) is 4.77. The Morgan fingerprint density at radius 3 is 2.47 bits per heavy atom. The second-order valence-corrected chi connectivity index (χ2v) is 5.16. The summed E-state index contributed by atoms with van der Waals surface area (Å²) in [4.78, 5) is 0.142. The van der Waals surface area contributed by atoms with Gasteiger partial charge in [0.25, 0.3) is 0 Å². The van der Waals surface area contributed by atoms with Gasteiger partial charge in [0.05, 0.1) is 5.60 Å². The Labute approximate surface area is 89.5 Å². The van der Waals surface area contributed by atoms with Crippen molar-refractivity contribution < 1.29 is 18.3 Å². The van der Waals surface area contributed by atoms with Gasteiger partial charge in [0.15, 0.2) is 0 Å². The average molecular weight is 236 g/mol. The minimum absolute atomic E-state index is 0.539. The fraction of sp³-hybridized carbons (Fsp3) is 0.600. The van der Waals surface area contributed by atoms with Crippen molar-refractivity contribution in [3.05, 3.63) is 21.9 Å². The molecule has 1 nitrogen and oxygen atoms in total. The Morgan fingerprint density at radius 2 is 2.00 bits per heavy atom. The third kappa shape index (κ3) is 2.72. The van der Waals surface area contributed by atoms with Crippen molar-refractivity contribution in [2.45, 2.75) is 37.5 Å². The summed E-state index contributed by atoms with van der Waals surface area (Å²) >= 11 is 0.772. The molecule has 1 fully saturated rings. The summed E-state index contributed by atoms with van der Waals surface area (Å²) < 4.78 is 36.7. The maximum Gasteiger partial charge on any atom is 0.425 e. The molecule has 0 bridgehead atoms. The predicted molar refractivity (Wildman–Crippen MR) is 51.8 cm³/mol. The molecular formula is C10H11F3OS. The first-order valence-corrected chi connectivity index (χ1v) is 5.59. The van der Waals surface area contributed by atoms with Gasteiger partial charge in [-0.3, -0.25) is 0 Å². The van der Waals surface area contributed by atoms with E-state index in [0.717, 1.165) is 30.2 Å². The zero-order chi connectivity index (χ0) is 11.1. The molecule has 0 saturated heterocycles. The van der Waals surface area contributed by atoms with E-state index in [1.165, 1.54) is 6.07 Å². The molecule has 0 aromatic carbocycles. The Morgan fingerprint density at radius 1 is 1.33 bits per heavy atom. The van der Waals surface area contributed by atoms with E-state index in [1.54, 1.807) is 0 Å². The van der Waals surface area contributed by atoms with Gasteiger partial charge in [0, 0.05) is 4.88 Å². The van der Waals surface area contributed by atoms with Gasteiger partial charge in [-0.1, -0.05) is 0 Å². The molecule has 0 aliphatic heterocycles. The van der Waals surface area contributed by atoms with Gasteiger partial charge in [0.1, 0.15) is 4.88 Å². The van der Waals surface area contributed by atoms with Gasteiger partial charge in [0.2, 0.25) is 0 Å². The van der Waals surface area contributed by atoms with Gasteiger partial charge in [-0.25, -0.2) is 0 Å². The molecule has 1 aromatic heterocycles. The lowest BCUT2D eigenvalue weighted by Crippen LogP contribution is -2.06. The van der Waals surface area contributed by atoms with E-state index in [0.29, 0.717) is 17.7 Å². The smallest absolute Gasteiger partial charge is 0.390 e. The van der Waals surface area contributed by atoms with Crippen LogP contribution in [0.15, 0.2) is 12.1 Å². The fourth-order valence-electron chi connectivity index (χ4n) is 1.41. The molecule has 1 saturated carbocycles. The molecule has 1 heterocycles. The summed E-state index contributed by atoms with van der Waals surface area (Å²) in [5, 5.41) is 9.54. The molecule has 1 aromatic rings. The quantitative estimate of drug-likeness (QED) is 0.854. The molecule has 0 radical (unpaired) electrons. The first kappa shape index (κ1) is 11.0. The van der Waals surface area contributed by atoms with Crippen molar-refractivity contribution in [2.24, 2.45) is 0 Å². The predicted octanol–water partition coefficient (Wildman–Crippen LogP) is 3.22. The summed E-state index contributed by atoms with van der Waals surface area (Å²) in [5.41, 5.74) is -0.581. The van der Waals surface area contributed by atoms with Crippen LogP contribution >= 0.6 is 11.3 Å². The van der Waals surface area contributed by atoms with Crippen molar-refractivity contribution in [3.8, 4) is 0 Å². The highest BCUT2D eigenvalue weighted by atomic mass is 32.1. The van der Waals surface area contributed by atoms with Crippen LogP contribution in [-0.2, 0) is 12.6 Å². The molecule has 0 atom stereocenters. The summed E-state index contributed by atoms with van der Waals surface area (Å²) in [6, 6.07) is 2.61. The zero-order valence-electron chi connectivity index (χ0n) is 7.97. The lowest BCUT2D eigenvalue weighted by atomic mass is 10.1. The van der Waals surface area contributed by atoms with E-state index in [1.807, 2.05) is 0 Å². The molecule has 0 unspecified atom stereocenters. The Hall–Kier alpha value is -0.550. The van der Waals surface area contributed by atoms with Crippen LogP contribution in [0, 0.1) is 0 Å². The minimum atomic E-state index is -4.24. The molecule has 15 heavy (non-hydrogen) atoms. The van der Waals surface area contributed by atoms with E-state index < -0.39 is 16.7 Å². The molecule has 84 valence electrons. The molecule has 0 spiro atoms. The normalized spacial score (nSPS) is 19.2. The van der Waals surface area contributed by atoms with Crippen molar-refractivity contribution in [1.29, 1.82) is 0 Å². The summed E-state index contributed by atoms with van der Waals surface area (Å²) in [5.74, 6) is 0. The molecule has 2 rings (SSSR count). The third-order valence-corrected chi connectivity index (χ3v) is 3.79. The number of hydrogen-bond acceptors (Lipinski definition) is 2. The van der Waals surface area contributed by atoms with Crippen LogP contribution in [0.3, 0.4) is 0 Å². The van der Waals surface area contributed by atoms with E-state index in [2.05, 4.69) is 0 Å². The maximum absolute atomic E-state index is 12.2. The van der Waals surface area contributed by atoms with Crippen molar-refractivity contribution in [3.63, 3.8) is 0 Å². The fourth-order valence-corrected chi connectivity index (χ4v) is 2.29. The highest BCUT2D eigenvalue weighted by Gasteiger charge is 2.39. The number of alkyl halides is 3. The van der Waals surface area contributed by atoms with Gasteiger partial charge in [-0.05, 0) is 37.8 Å². The van der Waals surface area contributed by atoms with Crippen LogP contribution in [0.2, 0.25) is 0 Å². The van der Waals surface area contributed by atoms with E-state index in [4.69, 9.17) is 0 Å². The number of halogens is 3. The van der Waals surface area contributed by atoms with E-state index >= 15 is 0 Å². The van der Waals surface area contributed by atoms with Crippen molar-refractivity contribution >= 4 is 11.3 Å². The number of aliphatic hydroxyl groups is 1. The minimum Gasteiger partial charge on any atom is -0.390 e. The lowest BCUT2D eigenvalue weighted by molar-refractivity contribution is -0.134. The summed E-state index contributed by atoms with van der Waals surface area (Å²) in [6.07, 6.45) is -1.56. The number of rotatable bonds is 3. The second-order valence-electron chi connectivity index (χ2n) is 3.99. The first-order chi connectivity index (χ1) is 6.89. The van der Waals surface area contributed by atoms with Crippen LogP contribution in [0.25, 0.3) is 0 Å². The maximum atomic E-state index is 12.2. The van der Waals surface area contributed by atoms with E-state index in [-0.39, 0.29) is 0 Å². The monoisotopic (exact) mass is 236 g/mol. The van der Waals surface area contributed by atoms with Crippen molar-refractivity contribution in [2.75, 3.05) is 0 Å². The largest absolute Gasteiger partial charge is 0.425 e. The Balaban J connectivity index is 1.95. The van der Waals surface area contributed by atoms with Crippen LogP contribution in [0.1, 0.15) is 29.0 Å². The topological polar surface area (TPSA) is 20.2 Å². The average Bonchev–Trinajstić information content (AvgIpc) is 2.66. The molecule has 5 heteroatoms. The van der Waals surface area contributed by atoms with Gasteiger partial charge >= 0.3 is 6.18 Å². The molecular weight excluding hydrogens is 225 g/mol. The number of hydrogen-bond donors (Lipinski definition) is 1. The summed E-state index contributed by atoms with van der Waals surface area (Å²) in [7, 11) is 0. The zero-order valence-corrected chi connectivity index (χ0v) is 8.79. The van der Waals surface area contributed by atoms with Crippen LogP contribution in [-0.4, -0.2) is 10.7 Å². The lowest BCUT2D eigenvalue weighted by Gasteiger charge is -2.05. The second kappa shape index (κ2) is 3.49. The van der Waals surface area contributed by atoms with Crippen molar-refractivity contribution in [1.82, 2.24) is 0 Å². The highest BCUT2D eigenvalue weighted by Crippen LogP contribution is 2.40. The number of thiophene rings is 1. The highest BCUT2D eigenvalue weighted by molar-refractivity contribution is 7.12. The summed E-state index contributed by atoms with van der Waals surface area (Å²) in [6.45, 7) is 0. The standard InChI is InChI=1S/C10H11F3OS/c11-10(12,13)8-2-1-7(15-8)3-4-9(14)5-6-9/h1-2,14H,3-6H2. The van der Waals surface area contributed by atoms with Gasteiger partial charge in [-0.15, -0.1) is 11.3 Å². The van der Waals surface area contributed by atoms with Gasteiger partial charge in [-0.2, -0.15) is 13.2 Å². The Kier molecular flexibility index (Phi) is 2.55. The van der Waals surface area contributed by atoms with Crippen LogP contribution in [0.4, 0.5) is 13.2 Å². The van der Waals surface area contributed by atoms with Gasteiger partial charge < -0.3 is 5.11 Å². The molecule has 0 amide bonds. The molecule has 1 aliphatic rings. The Bertz CT molecular complexity index is 352. The SMILES string of the molecule is OC1(CCc2ccc(C(F)(F)F)s2)CC1. The molecule has 1 aliphatic carbocycles. The van der Waals surface area contributed by atoms with Crippen LogP contribution in [0.5, 0.6) is 0 Å². The van der Waals surface area contributed by atoms with E-state index in [9.17, 15) is 18.3 Å². The third-order valence-electron chi connectivity index (χ3n) is 2.60. The van der Waals surface area contributed by atoms with Crippen LogP contribution < -0.4 is 0 Å². The number of aryl methyl sites for hydroxylation is 1. The molecule has 1 N–H and O–H groups in total.